The van der Waals surface area contributed by atoms with E-state index in [-0.39, 0.29) is 11.5 Å². The van der Waals surface area contributed by atoms with Gasteiger partial charge in [-0.2, -0.15) is 0 Å². The van der Waals surface area contributed by atoms with Gasteiger partial charge in [0, 0.05) is 37.7 Å². The third-order valence-corrected chi connectivity index (χ3v) is 3.04. The molecule has 0 fully saturated rings. The molecule has 108 valence electrons. The van der Waals surface area contributed by atoms with Crippen molar-refractivity contribution in [1.29, 1.82) is 0 Å². The number of para-hydroxylation sites is 1. The number of phenolic OH excluding ortho intramolecular Hbond substituents is 1. The molecule has 0 radical (unpaired) electrons. The van der Waals surface area contributed by atoms with Gasteiger partial charge in [0.05, 0.1) is 5.56 Å². The number of hydrogen-bond acceptors (Lipinski definition) is 4. The Balaban J connectivity index is 1.99. The van der Waals surface area contributed by atoms with Gasteiger partial charge < -0.3 is 15.3 Å². The van der Waals surface area contributed by atoms with Crippen LogP contribution in [0.5, 0.6) is 5.75 Å². The van der Waals surface area contributed by atoms with Gasteiger partial charge in [-0.05, 0) is 36.4 Å². The van der Waals surface area contributed by atoms with Crippen LogP contribution in [0, 0.1) is 0 Å². The van der Waals surface area contributed by atoms with Crippen LogP contribution in [-0.4, -0.2) is 25.0 Å². The monoisotopic (exact) mass is 282 g/mol. The summed E-state index contributed by atoms with van der Waals surface area (Å²) >= 11 is 0. The number of benzene rings is 2. The standard InChI is InChI=1S/C17H18N2O2/c1-19(2)14-9-7-13(8-10-14)18-12-11-17(21)15-5-3-4-6-16(15)20/h3-12,18,20H,1-2H3. The molecule has 0 bridgehead atoms. The number of rotatable bonds is 5. The number of nitrogens with one attached hydrogen (secondary N) is 1. The van der Waals surface area contributed by atoms with Crippen molar-refractivity contribution in [2.75, 3.05) is 24.3 Å². The fourth-order valence-electron chi connectivity index (χ4n) is 1.84. The Labute approximate surface area is 124 Å². The van der Waals surface area contributed by atoms with Crippen LogP contribution in [0.15, 0.2) is 60.8 Å². The Kier molecular flexibility index (Phi) is 4.61. The summed E-state index contributed by atoms with van der Waals surface area (Å²) < 4.78 is 0. The first kappa shape index (κ1) is 14.7. The second-order valence-corrected chi connectivity index (χ2v) is 4.80. The Morgan fingerprint density at radius 2 is 1.76 bits per heavy atom. The minimum Gasteiger partial charge on any atom is -0.507 e. The SMILES string of the molecule is CN(C)c1ccc(NC=CC(=O)c2ccccc2O)cc1. The first-order valence-electron chi connectivity index (χ1n) is 6.61. The summed E-state index contributed by atoms with van der Waals surface area (Å²) in [7, 11) is 3.96. The Morgan fingerprint density at radius 3 is 2.38 bits per heavy atom. The van der Waals surface area contributed by atoms with E-state index in [1.807, 2.05) is 43.3 Å². The third kappa shape index (κ3) is 3.86. The zero-order valence-corrected chi connectivity index (χ0v) is 12.1. The lowest BCUT2D eigenvalue weighted by atomic mass is 10.1. The number of nitrogens with zero attached hydrogens (tertiary/aromatic N) is 1. The summed E-state index contributed by atoms with van der Waals surface area (Å²) in [5, 5.41) is 12.6. The van der Waals surface area contributed by atoms with E-state index in [4.69, 9.17) is 0 Å². The molecule has 21 heavy (non-hydrogen) atoms. The van der Waals surface area contributed by atoms with Crippen molar-refractivity contribution >= 4 is 17.2 Å². The van der Waals surface area contributed by atoms with Gasteiger partial charge in [-0.3, -0.25) is 4.79 Å². The predicted octanol–water partition coefficient (Wildman–Crippen LogP) is 3.27. The Hall–Kier alpha value is -2.75. The first-order valence-corrected chi connectivity index (χ1v) is 6.61. The van der Waals surface area contributed by atoms with Crippen LogP contribution in [0.25, 0.3) is 0 Å². The summed E-state index contributed by atoms with van der Waals surface area (Å²) in [5.74, 6) is -0.256. The van der Waals surface area contributed by atoms with Crippen molar-refractivity contribution in [3.63, 3.8) is 0 Å². The molecule has 0 spiro atoms. The molecule has 2 rings (SSSR count). The Bertz CT molecular complexity index is 646. The summed E-state index contributed by atoms with van der Waals surface area (Å²) in [6, 6.07) is 14.3. The fourth-order valence-corrected chi connectivity index (χ4v) is 1.84. The summed E-state index contributed by atoms with van der Waals surface area (Å²) in [5.41, 5.74) is 2.29. The molecule has 2 aromatic carbocycles. The number of carbonyl (C=O) groups is 1. The molecule has 2 aromatic rings. The topological polar surface area (TPSA) is 52.6 Å². The molecule has 0 saturated heterocycles. The maximum absolute atomic E-state index is 11.9. The largest absolute Gasteiger partial charge is 0.507 e. The fraction of sp³-hybridized carbons (Fsp3) is 0.118. The van der Waals surface area contributed by atoms with Gasteiger partial charge >= 0.3 is 0 Å². The number of phenols is 1. The van der Waals surface area contributed by atoms with Gasteiger partial charge in [-0.25, -0.2) is 0 Å². The quantitative estimate of drug-likeness (QED) is 0.653. The lowest BCUT2D eigenvalue weighted by Gasteiger charge is -2.12. The van der Waals surface area contributed by atoms with Crippen LogP contribution < -0.4 is 10.2 Å². The van der Waals surface area contributed by atoms with E-state index in [9.17, 15) is 9.90 Å². The molecule has 0 heterocycles. The number of anilines is 2. The first-order chi connectivity index (χ1) is 10.1. The number of aromatic hydroxyl groups is 1. The molecule has 0 aromatic heterocycles. The van der Waals surface area contributed by atoms with Gasteiger partial charge in [-0.15, -0.1) is 0 Å². The van der Waals surface area contributed by atoms with Crippen LogP contribution in [-0.2, 0) is 0 Å². The normalized spacial score (nSPS) is 10.6. The van der Waals surface area contributed by atoms with E-state index in [2.05, 4.69) is 5.32 Å². The molecule has 0 saturated carbocycles. The zero-order chi connectivity index (χ0) is 15.2. The number of ketones is 1. The molecule has 2 N–H and O–H groups in total. The molecule has 0 amide bonds. The summed E-state index contributed by atoms with van der Waals surface area (Å²) in [4.78, 5) is 13.9. The molecule has 0 atom stereocenters. The van der Waals surface area contributed by atoms with E-state index in [0.717, 1.165) is 11.4 Å². The second-order valence-electron chi connectivity index (χ2n) is 4.80. The zero-order valence-electron chi connectivity index (χ0n) is 12.1. The maximum atomic E-state index is 11.9. The third-order valence-electron chi connectivity index (χ3n) is 3.04. The van der Waals surface area contributed by atoms with E-state index >= 15 is 0 Å². The smallest absolute Gasteiger partial charge is 0.190 e. The molecule has 0 aliphatic rings. The molecule has 4 nitrogen and oxygen atoms in total. The Morgan fingerprint density at radius 1 is 1.10 bits per heavy atom. The van der Waals surface area contributed by atoms with Crippen LogP contribution >= 0.6 is 0 Å². The van der Waals surface area contributed by atoms with Crippen molar-refractivity contribution < 1.29 is 9.90 Å². The molecule has 4 heteroatoms. The summed E-state index contributed by atoms with van der Waals surface area (Å²) in [6.45, 7) is 0. The van der Waals surface area contributed by atoms with Crippen molar-refractivity contribution in [3.8, 4) is 5.75 Å². The molecule has 0 aliphatic heterocycles. The lowest BCUT2D eigenvalue weighted by Crippen LogP contribution is -2.08. The lowest BCUT2D eigenvalue weighted by molar-refractivity contribution is 0.104. The second kappa shape index (κ2) is 6.61. The van der Waals surface area contributed by atoms with Crippen LogP contribution in [0.3, 0.4) is 0 Å². The van der Waals surface area contributed by atoms with Gasteiger partial charge in [0.1, 0.15) is 5.75 Å². The van der Waals surface area contributed by atoms with E-state index in [1.165, 1.54) is 12.1 Å². The van der Waals surface area contributed by atoms with E-state index < -0.39 is 0 Å². The van der Waals surface area contributed by atoms with Crippen molar-refractivity contribution in [2.45, 2.75) is 0 Å². The van der Waals surface area contributed by atoms with Crippen molar-refractivity contribution in [2.24, 2.45) is 0 Å². The predicted molar refractivity (Wildman–Crippen MR) is 86.0 cm³/mol. The number of allylic oxidation sites excluding steroid dienone is 1. The minimum atomic E-state index is -0.245. The molecular formula is C17H18N2O2. The highest BCUT2D eigenvalue weighted by molar-refractivity contribution is 6.06. The minimum absolute atomic E-state index is 0.0116. The van der Waals surface area contributed by atoms with Crippen LogP contribution in [0.1, 0.15) is 10.4 Å². The highest BCUT2D eigenvalue weighted by Crippen LogP contribution is 2.17. The highest BCUT2D eigenvalue weighted by atomic mass is 16.3. The maximum Gasteiger partial charge on any atom is 0.190 e. The average molecular weight is 282 g/mol. The van der Waals surface area contributed by atoms with Gasteiger partial charge in [-0.1, -0.05) is 12.1 Å². The van der Waals surface area contributed by atoms with Crippen LogP contribution in [0.4, 0.5) is 11.4 Å². The van der Waals surface area contributed by atoms with Gasteiger partial charge in [0.2, 0.25) is 0 Å². The molecule has 0 aliphatic carbocycles. The highest BCUT2D eigenvalue weighted by Gasteiger charge is 2.06. The van der Waals surface area contributed by atoms with E-state index in [1.54, 1.807) is 24.4 Å². The van der Waals surface area contributed by atoms with Gasteiger partial charge in [0.25, 0.3) is 0 Å². The van der Waals surface area contributed by atoms with Crippen molar-refractivity contribution in [3.05, 3.63) is 66.4 Å². The number of carbonyl (C=O) groups excluding carboxylic acids is 1. The van der Waals surface area contributed by atoms with Crippen LogP contribution in [0.2, 0.25) is 0 Å². The summed E-state index contributed by atoms with van der Waals surface area (Å²) in [6.07, 6.45) is 2.97. The van der Waals surface area contributed by atoms with Crippen molar-refractivity contribution in [1.82, 2.24) is 0 Å². The van der Waals surface area contributed by atoms with Gasteiger partial charge in [0.15, 0.2) is 5.78 Å². The van der Waals surface area contributed by atoms with E-state index in [0.29, 0.717) is 5.56 Å². The molecular weight excluding hydrogens is 264 g/mol. The molecule has 0 unspecified atom stereocenters. The average Bonchev–Trinajstić information content (AvgIpc) is 2.48. The number of hydrogen-bond donors (Lipinski definition) is 2.